The fraction of sp³-hybridized carbons (Fsp3) is 0.462. The summed E-state index contributed by atoms with van der Waals surface area (Å²) < 4.78 is 0. The molecule has 0 spiro atoms. The van der Waals surface area contributed by atoms with Gasteiger partial charge in [-0.15, -0.1) is 11.8 Å². The van der Waals surface area contributed by atoms with Crippen LogP contribution in [-0.2, 0) is 16.0 Å². The van der Waals surface area contributed by atoms with E-state index in [-0.39, 0.29) is 29.1 Å². The van der Waals surface area contributed by atoms with E-state index in [1.165, 1.54) is 39.9 Å². The molecule has 1 aliphatic rings. The largest absolute Gasteiger partial charge is 0.481 e. The number of carboxylic acid groups (broad SMARTS) is 1. The number of aliphatic hydroxyl groups excluding tert-OH is 1. The number of ketones is 1. The number of carbonyl (C=O) groups excluding carboxylic acids is 1. The van der Waals surface area contributed by atoms with Gasteiger partial charge in [0.2, 0.25) is 0 Å². The van der Waals surface area contributed by atoms with Gasteiger partial charge in [-0.1, -0.05) is 54.6 Å². The zero-order valence-corrected chi connectivity index (χ0v) is 20.5. The van der Waals surface area contributed by atoms with Crippen LogP contribution in [0.25, 0.3) is 10.8 Å². The lowest BCUT2D eigenvalue weighted by molar-refractivity contribution is -0.133. The predicted molar refractivity (Wildman–Crippen MR) is 137 cm³/mol. The molecule has 2 aromatic rings. The summed E-state index contributed by atoms with van der Waals surface area (Å²) in [5, 5.41) is 32.1. The van der Waals surface area contributed by atoms with E-state index >= 15 is 0 Å². The van der Waals surface area contributed by atoms with Gasteiger partial charge in [0.25, 0.3) is 0 Å². The van der Waals surface area contributed by atoms with Crippen molar-refractivity contribution in [2.45, 2.75) is 49.6 Å². The van der Waals surface area contributed by atoms with Gasteiger partial charge >= 0.3 is 5.97 Å². The van der Waals surface area contributed by atoms with E-state index in [1.807, 2.05) is 24.3 Å². The van der Waals surface area contributed by atoms with E-state index in [0.717, 1.165) is 24.3 Å². The molecule has 33 heavy (non-hydrogen) atoms. The molecule has 0 radical (unpaired) electrons. The summed E-state index contributed by atoms with van der Waals surface area (Å²) in [5.41, 5.74) is 0.136. The Morgan fingerprint density at radius 1 is 1.18 bits per heavy atom. The summed E-state index contributed by atoms with van der Waals surface area (Å²) in [6.45, 7) is 1.76. The number of fused-ring (bicyclic) bond motifs is 1. The van der Waals surface area contributed by atoms with Crippen molar-refractivity contribution in [3.05, 3.63) is 60.2 Å². The van der Waals surface area contributed by atoms with Gasteiger partial charge in [-0.3, -0.25) is 9.59 Å². The summed E-state index contributed by atoms with van der Waals surface area (Å²) >= 11 is 2.89. The molecule has 0 amide bonds. The zero-order chi connectivity index (χ0) is 23.8. The van der Waals surface area contributed by atoms with Gasteiger partial charge < -0.3 is 15.3 Å². The number of rotatable bonds is 12. The maximum Gasteiger partial charge on any atom is 0.313 e. The van der Waals surface area contributed by atoms with Crippen LogP contribution in [-0.4, -0.2) is 61.3 Å². The third-order valence-corrected chi connectivity index (χ3v) is 8.42. The molecule has 2 aromatic carbocycles. The first-order valence-corrected chi connectivity index (χ1v) is 13.5. The molecular weight excluding hydrogens is 456 g/mol. The van der Waals surface area contributed by atoms with Gasteiger partial charge in [-0.05, 0) is 54.0 Å². The van der Waals surface area contributed by atoms with Crippen LogP contribution in [0, 0.1) is 5.92 Å². The number of aliphatic hydroxyl groups is 2. The van der Waals surface area contributed by atoms with Crippen molar-refractivity contribution < 1.29 is 24.9 Å². The Labute approximate surface area is 203 Å². The average molecular weight is 489 g/mol. The molecule has 3 N–H and O–H groups in total. The molecular formula is C26H32O5S2. The average Bonchev–Trinajstić information content (AvgIpc) is 3.05. The van der Waals surface area contributed by atoms with Crippen LogP contribution in [0.3, 0.4) is 0 Å². The molecule has 0 aromatic heterocycles. The number of carboxylic acids is 1. The first-order valence-electron chi connectivity index (χ1n) is 11.3. The van der Waals surface area contributed by atoms with Crippen molar-refractivity contribution in [1.29, 1.82) is 0 Å². The Kier molecular flexibility index (Phi) is 9.44. The highest BCUT2D eigenvalue weighted by Gasteiger charge is 2.40. The lowest BCUT2D eigenvalue weighted by Crippen LogP contribution is -2.25. The van der Waals surface area contributed by atoms with Crippen molar-refractivity contribution in [2.24, 2.45) is 5.92 Å². The Balaban J connectivity index is 1.55. The highest BCUT2D eigenvalue weighted by Crippen LogP contribution is 2.35. The Morgan fingerprint density at radius 3 is 2.73 bits per heavy atom. The van der Waals surface area contributed by atoms with E-state index in [2.05, 4.69) is 24.3 Å². The van der Waals surface area contributed by atoms with Crippen LogP contribution in [0.15, 0.2) is 54.6 Å². The van der Waals surface area contributed by atoms with Crippen molar-refractivity contribution in [1.82, 2.24) is 0 Å². The fourth-order valence-electron chi connectivity index (χ4n) is 4.14. The first kappa shape index (κ1) is 25.8. The lowest BCUT2D eigenvalue weighted by Gasteiger charge is -2.22. The molecule has 0 aliphatic heterocycles. The maximum atomic E-state index is 12.4. The minimum Gasteiger partial charge on any atom is -0.481 e. The van der Waals surface area contributed by atoms with E-state index < -0.39 is 17.7 Å². The topological polar surface area (TPSA) is 94.8 Å². The van der Waals surface area contributed by atoms with E-state index in [1.54, 1.807) is 13.0 Å². The minimum atomic E-state index is -1.05. The molecule has 0 unspecified atom stereocenters. The Hall–Kier alpha value is -1.80. The summed E-state index contributed by atoms with van der Waals surface area (Å²) in [6, 6.07) is 14.4. The molecule has 0 saturated heterocycles. The lowest BCUT2D eigenvalue weighted by atomic mass is 9.92. The van der Waals surface area contributed by atoms with E-state index in [0.29, 0.717) is 6.42 Å². The Bertz CT molecular complexity index is 982. The summed E-state index contributed by atoms with van der Waals surface area (Å²) in [6.07, 6.45) is 5.02. The van der Waals surface area contributed by atoms with Crippen LogP contribution >= 0.6 is 23.5 Å². The molecule has 0 heterocycles. The number of hydrogen-bond donors (Lipinski definition) is 3. The van der Waals surface area contributed by atoms with Crippen LogP contribution in [0.5, 0.6) is 0 Å². The van der Waals surface area contributed by atoms with Gasteiger partial charge in [0, 0.05) is 12.3 Å². The molecule has 4 atom stereocenters. The van der Waals surface area contributed by atoms with Crippen LogP contribution < -0.4 is 0 Å². The van der Waals surface area contributed by atoms with Crippen molar-refractivity contribution in [3.63, 3.8) is 0 Å². The highest BCUT2D eigenvalue weighted by molar-refractivity contribution is 8.01. The molecule has 1 aliphatic carbocycles. The number of hydrogen-bond acceptors (Lipinski definition) is 6. The normalized spacial score (nSPS) is 22.8. The number of thioether (sulfide) groups is 2. The smallest absolute Gasteiger partial charge is 0.313 e. The standard InChI is InChI=1S/C26H32O5S2/c1-26(31,12-10-19-8-4-7-18-6-2-3-9-20(18)19)13-11-21-22(27)16-23(28)25(21)33-15-5-14-32-17-24(29)30/h2-4,6-9,11,13,21-22,25,27,31H,5,10,12,14-17H2,1H3,(H,29,30)/b13-11+/t21-,22+,25+,26-/m0/s1. The minimum absolute atomic E-state index is 0.0377. The highest BCUT2D eigenvalue weighted by atomic mass is 32.2. The number of Topliss-reactive ketones (excluding diaryl/α,β-unsaturated/α-hetero) is 1. The summed E-state index contributed by atoms with van der Waals surface area (Å²) in [7, 11) is 0. The quantitative estimate of drug-likeness (QED) is 0.302. The number of aliphatic carboxylic acids is 1. The maximum absolute atomic E-state index is 12.4. The predicted octanol–water partition coefficient (Wildman–Crippen LogP) is 4.34. The molecule has 3 rings (SSSR count). The second-order valence-electron chi connectivity index (χ2n) is 8.76. The summed E-state index contributed by atoms with van der Waals surface area (Å²) in [4.78, 5) is 23.0. The van der Waals surface area contributed by atoms with Crippen molar-refractivity contribution >= 4 is 46.0 Å². The zero-order valence-electron chi connectivity index (χ0n) is 18.9. The molecule has 5 nitrogen and oxygen atoms in total. The van der Waals surface area contributed by atoms with Crippen molar-refractivity contribution in [2.75, 3.05) is 17.3 Å². The van der Waals surface area contributed by atoms with Gasteiger partial charge in [-0.25, -0.2) is 0 Å². The van der Waals surface area contributed by atoms with E-state index in [4.69, 9.17) is 5.11 Å². The Morgan fingerprint density at radius 2 is 1.94 bits per heavy atom. The van der Waals surface area contributed by atoms with Gasteiger partial charge in [0.05, 0.1) is 22.7 Å². The molecule has 0 bridgehead atoms. The third kappa shape index (κ3) is 7.60. The summed E-state index contributed by atoms with van der Waals surface area (Å²) in [5.74, 6) is 0.447. The van der Waals surface area contributed by atoms with Gasteiger partial charge in [-0.2, -0.15) is 11.8 Å². The van der Waals surface area contributed by atoms with Crippen LogP contribution in [0.1, 0.15) is 31.7 Å². The van der Waals surface area contributed by atoms with Crippen LogP contribution in [0.2, 0.25) is 0 Å². The second kappa shape index (κ2) is 12.1. The molecule has 1 fully saturated rings. The van der Waals surface area contributed by atoms with E-state index in [9.17, 15) is 19.8 Å². The second-order valence-corrected chi connectivity index (χ2v) is 11.1. The molecule has 178 valence electrons. The first-order chi connectivity index (χ1) is 15.8. The fourth-order valence-corrected chi connectivity index (χ4v) is 6.33. The monoisotopic (exact) mass is 488 g/mol. The molecule has 1 saturated carbocycles. The third-order valence-electron chi connectivity index (χ3n) is 5.94. The number of carbonyl (C=O) groups is 2. The number of aryl methyl sites for hydroxylation is 1. The number of benzene rings is 2. The van der Waals surface area contributed by atoms with Crippen molar-refractivity contribution in [3.8, 4) is 0 Å². The molecule has 7 heteroatoms. The van der Waals surface area contributed by atoms with Gasteiger partial charge in [0.15, 0.2) is 0 Å². The van der Waals surface area contributed by atoms with Crippen LogP contribution in [0.4, 0.5) is 0 Å². The SMILES string of the molecule is C[C@@](O)(/C=C/[C@H]1[C@H](O)CC(=O)[C@@H]1SCCCSCC(=O)O)CCc1cccc2ccccc12. The van der Waals surface area contributed by atoms with Gasteiger partial charge in [0.1, 0.15) is 5.78 Å².